The van der Waals surface area contributed by atoms with Crippen molar-refractivity contribution in [2.45, 2.75) is 38.5 Å². The Hall–Kier alpha value is -2.12. The van der Waals surface area contributed by atoms with Gasteiger partial charge in [-0.15, -0.1) is 0 Å². The molecule has 0 bridgehead atoms. The molecule has 4 heterocycles. The summed E-state index contributed by atoms with van der Waals surface area (Å²) in [5.74, 6) is 1.03. The van der Waals surface area contributed by atoms with Gasteiger partial charge in [0.15, 0.2) is 0 Å². The van der Waals surface area contributed by atoms with Crippen molar-refractivity contribution in [3.05, 3.63) is 41.7 Å². The highest BCUT2D eigenvalue weighted by Crippen LogP contribution is 2.29. The summed E-state index contributed by atoms with van der Waals surface area (Å²) in [6.45, 7) is 6.30. The molecular weight excluding hydrogens is 318 g/mol. The van der Waals surface area contributed by atoms with Crippen molar-refractivity contribution in [2.24, 2.45) is 7.05 Å². The average Bonchev–Trinajstić information content (AvgIpc) is 3.33. The third-order valence-corrected chi connectivity index (χ3v) is 5.40. The number of nitrogens with one attached hydrogen (secondary N) is 1. The van der Waals surface area contributed by atoms with Gasteiger partial charge in [0.05, 0.1) is 31.1 Å². The molecule has 7 nitrogen and oxygen atoms in total. The summed E-state index contributed by atoms with van der Waals surface area (Å²) < 4.78 is 9.62. The molecule has 1 N–H and O–H groups in total. The van der Waals surface area contributed by atoms with Gasteiger partial charge in [-0.3, -0.25) is 9.69 Å². The van der Waals surface area contributed by atoms with Crippen LogP contribution in [0.5, 0.6) is 0 Å². The van der Waals surface area contributed by atoms with E-state index in [-0.39, 0.29) is 11.9 Å². The van der Waals surface area contributed by atoms with E-state index in [1.807, 2.05) is 36.1 Å². The van der Waals surface area contributed by atoms with Crippen LogP contribution in [0.4, 0.5) is 0 Å². The molecule has 134 valence electrons. The van der Waals surface area contributed by atoms with Crippen LogP contribution in [-0.4, -0.2) is 50.7 Å². The molecule has 1 amide bonds. The summed E-state index contributed by atoms with van der Waals surface area (Å²) >= 11 is 0. The lowest BCUT2D eigenvalue weighted by atomic mass is 10.1. The first-order chi connectivity index (χ1) is 12.1. The lowest BCUT2D eigenvalue weighted by molar-refractivity contribution is 0.0890. The highest BCUT2D eigenvalue weighted by molar-refractivity contribution is 5.92. The Bertz CT molecular complexity index is 759. The summed E-state index contributed by atoms with van der Waals surface area (Å²) in [6.07, 6.45) is 4.87. The Morgan fingerprint density at radius 2 is 2.32 bits per heavy atom. The molecule has 7 heteroatoms. The number of carbonyl (C=O) groups is 1. The summed E-state index contributed by atoms with van der Waals surface area (Å²) in [7, 11) is 1.87. The van der Waals surface area contributed by atoms with Gasteiger partial charge in [0.1, 0.15) is 11.5 Å². The third kappa shape index (κ3) is 2.98. The molecule has 2 atom stereocenters. The van der Waals surface area contributed by atoms with E-state index in [2.05, 4.69) is 26.7 Å². The van der Waals surface area contributed by atoms with Gasteiger partial charge in [0.2, 0.25) is 0 Å². The van der Waals surface area contributed by atoms with Crippen molar-refractivity contribution >= 4 is 5.91 Å². The highest BCUT2D eigenvalue weighted by Gasteiger charge is 2.33. The summed E-state index contributed by atoms with van der Waals surface area (Å²) in [5, 5.41) is 3.01. The first kappa shape index (κ1) is 16.4. The number of ether oxygens (including phenoxy) is 1. The number of rotatable bonds is 4. The van der Waals surface area contributed by atoms with Gasteiger partial charge in [0, 0.05) is 39.0 Å². The minimum atomic E-state index is -0.0587. The second-order valence-electron chi connectivity index (χ2n) is 6.88. The molecule has 2 aliphatic rings. The topological polar surface area (TPSA) is 64.3 Å². The molecule has 2 aliphatic heterocycles. The van der Waals surface area contributed by atoms with Gasteiger partial charge >= 0.3 is 0 Å². The number of hydrogen-bond donors (Lipinski definition) is 1. The summed E-state index contributed by atoms with van der Waals surface area (Å²) in [4.78, 5) is 19.4. The number of aryl methyl sites for hydroxylation is 1. The van der Waals surface area contributed by atoms with Gasteiger partial charge in [0.25, 0.3) is 5.91 Å². The van der Waals surface area contributed by atoms with Crippen LogP contribution in [0.2, 0.25) is 0 Å². The van der Waals surface area contributed by atoms with E-state index in [0.29, 0.717) is 18.3 Å². The third-order valence-electron chi connectivity index (χ3n) is 5.40. The van der Waals surface area contributed by atoms with E-state index in [1.165, 1.54) is 0 Å². The van der Waals surface area contributed by atoms with Crippen molar-refractivity contribution in [3.8, 4) is 0 Å². The molecule has 0 aromatic carbocycles. The normalized spacial score (nSPS) is 23.6. The molecule has 4 rings (SSSR count). The average molecular weight is 343 g/mol. The molecule has 2 aromatic rings. The van der Waals surface area contributed by atoms with E-state index in [0.717, 1.165) is 44.2 Å². The predicted molar refractivity (Wildman–Crippen MR) is 93.2 cm³/mol. The Morgan fingerprint density at radius 3 is 3.04 bits per heavy atom. The second kappa shape index (κ2) is 6.65. The number of hydrogen-bond acceptors (Lipinski definition) is 4. The van der Waals surface area contributed by atoms with Crippen LogP contribution >= 0.6 is 0 Å². The number of fused-ring (bicyclic) bond motifs is 1. The van der Waals surface area contributed by atoms with E-state index in [1.54, 1.807) is 0 Å². The van der Waals surface area contributed by atoms with Crippen LogP contribution in [0.1, 0.15) is 41.4 Å². The Morgan fingerprint density at radius 1 is 1.44 bits per heavy atom. The zero-order valence-corrected chi connectivity index (χ0v) is 14.8. The molecule has 2 aromatic heterocycles. The quantitative estimate of drug-likeness (QED) is 0.909. The number of amides is 1. The van der Waals surface area contributed by atoms with Crippen molar-refractivity contribution < 1.29 is 9.53 Å². The lowest BCUT2D eigenvalue weighted by Gasteiger charge is -2.37. The molecule has 1 fully saturated rings. The van der Waals surface area contributed by atoms with Gasteiger partial charge in [-0.2, -0.15) is 0 Å². The molecule has 0 spiro atoms. The van der Waals surface area contributed by atoms with Crippen molar-refractivity contribution in [3.63, 3.8) is 0 Å². The summed E-state index contributed by atoms with van der Waals surface area (Å²) in [6, 6.07) is 4.47. The van der Waals surface area contributed by atoms with E-state index < -0.39 is 0 Å². The number of carbonyl (C=O) groups excluding carboxylic acids is 1. The SMILES string of the molecule is CC1c2ncc(CNC(=O)c3cccn3C)n2CCN1C1CCOC1. The van der Waals surface area contributed by atoms with Crippen LogP contribution in [0.15, 0.2) is 24.5 Å². The maximum absolute atomic E-state index is 12.3. The standard InChI is InChI=1S/C18H25N5O2/c1-13-17-19-10-15(11-20-18(24)16-4-3-6-21(16)2)23(17)8-7-22(13)14-5-9-25-12-14/h3-4,6,10,13-14H,5,7-9,11-12H2,1-2H3,(H,20,24). The molecule has 1 saturated heterocycles. The fraction of sp³-hybridized carbons (Fsp3) is 0.556. The van der Waals surface area contributed by atoms with Gasteiger partial charge in [-0.25, -0.2) is 4.98 Å². The van der Waals surface area contributed by atoms with Gasteiger partial charge < -0.3 is 19.2 Å². The van der Waals surface area contributed by atoms with Crippen molar-refractivity contribution in [1.29, 1.82) is 0 Å². The Kier molecular flexibility index (Phi) is 4.35. The molecule has 2 unspecified atom stereocenters. The lowest BCUT2D eigenvalue weighted by Crippen LogP contribution is -2.44. The van der Waals surface area contributed by atoms with Crippen LogP contribution in [-0.2, 0) is 24.9 Å². The molecule has 25 heavy (non-hydrogen) atoms. The molecular formula is C18H25N5O2. The number of aromatic nitrogens is 3. The van der Waals surface area contributed by atoms with Crippen molar-refractivity contribution in [2.75, 3.05) is 19.8 Å². The molecule has 0 radical (unpaired) electrons. The Balaban J connectivity index is 1.44. The van der Waals surface area contributed by atoms with Crippen LogP contribution in [0.3, 0.4) is 0 Å². The van der Waals surface area contributed by atoms with E-state index in [4.69, 9.17) is 4.74 Å². The smallest absolute Gasteiger partial charge is 0.268 e. The maximum atomic E-state index is 12.3. The second-order valence-corrected chi connectivity index (χ2v) is 6.88. The minimum absolute atomic E-state index is 0.0587. The first-order valence-electron chi connectivity index (χ1n) is 8.92. The zero-order valence-electron chi connectivity index (χ0n) is 14.8. The predicted octanol–water partition coefficient (Wildman–Crippen LogP) is 1.32. The van der Waals surface area contributed by atoms with Gasteiger partial charge in [-0.05, 0) is 25.5 Å². The summed E-state index contributed by atoms with van der Waals surface area (Å²) in [5.41, 5.74) is 1.73. The molecule has 0 aliphatic carbocycles. The van der Waals surface area contributed by atoms with E-state index in [9.17, 15) is 4.79 Å². The van der Waals surface area contributed by atoms with E-state index >= 15 is 0 Å². The zero-order chi connectivity index (χ0) is 17.4. The first-order valence-corrected chi connectivity index (χ1v) is 8.92. The number of nitrogens with zero attached hydrogens (tertiary/aromatic N) is 4. The largest absolute Gasteiger partial charge is 0.380 e. The highest BCUT2D eigenvalue weighted by atomic mass is 16.5. The maximum Gasteiger partial charge on any atom is 0.268 e. The van der Waals surface area contributed by atoms with Crippen LogP contribution < -0.4 is 5.32 Å². The monoisotopic (exact) mass is 343 g/mol. The fourth-order valence-electron chi connectivity index (χ4n) is 3.96. The number of imidazole rings is 1. The Labute approximate surface area is 147 Å². The van der Waals surface area contributed by atoms with Gasteiger partial charge in [-0.1, -0.05) is 0 Å². The van der Waals surface area contributed by atoms with Crippen molar-refractivity contribution in [1.82, 2.24) is 24.3 Å². The minimum Gasteiger partial charge on any atom is -0.380 e. The van der Waals surface area contributed by atoms with Crippen LogP contribution in [0.25, 0.3) is 0 Å². The molecule has 0 saturated carbocycles. The van der Waals surface area contributed by atoms with Crippen LogP contribution in [0, 0.1) is 0 Å². The fourth-order valence-corrected chi connectivity index (χ4v) is 3.96.